The van der Waals surface area contributed by atoms with E-state index in [9.17, 15) is 0 Å². The van der Waals surface area contributed by atoms with Gasteiger partial charge in [-0.05, 0) is 44.7 Å². The van der Waals surface area contributed by atoms with Gasteiger partial charge in [0.05, 0.1) is 0 Å². The van der Waals surface area contributed by atoms with Crippen LogP contribution in [0.5, 0.6) is 0 Å². The molecule has 1 saturated carbocycles. The first-order valence-corrected chi connectivity index (χ1v) is 6.74. The molecule has 0 atom stereocenters. The van der Waals surface area contributed by atoms with Crippen molar-refractivity contribution in [1.29, 1.82) is 0 Å². The van der Waals surface area contributed by atoms with Crippen LogP contribution in [0.3, 0.4) is 0 Å². The summed E-state index contributed by atoms with van der Waals surface area (Å²) < 4.78 is 5.52. The maximum absolute atomic E-state index is 5.52. The fourth-order valence-electron chi connectivity index (χ4n) is 2.76. The zero-order chi connectivity index (χ0) is 11.4. The zero-order valence-electron chi connectivity index (χ0n) is 10.8. The van der Waals surface area contributed by atoms with Crippen LogP contribution in [0, 0.1) is 5.41 Å². The summed E-state index contributed by atoms with van der Waals surface area (Å²) in [5, 5.41) is 3.54. The molecular formula is C13H26N2O. The van der Waals surface area contributed by atoms with Gasteiger partial charge in [0, 0.05) is 32.3 Å². The fourth-order valence-corrected chi connectivity index (χ4v) is 2.76. The Morgan fingerprint density at radius 1 is 1.31 bits per heavy atom. The van der Waals surface area contributed by atoms with Crippen LogP contribution in [-0.4, -0.2) is 50.8 Å². The molecule has 0 bridgehead atoms. The maximum Gasteiger partial charge on any atom is 0.0472 e. The topological polar surface area (TPSA) is 24.5 Å². The molecule has 0 aromatic rings. The first-order chi connectivity index (χ1) is 7.76. The lowest BCUT2D eigenvalue weighted by molar-refractivity contribution is -0.00145. The Bertz CT molecular complexity index is 210. The Balaban J connectivity index is 1.89. The first kappa shape index (κ1) is 12.3. The molecule has 1 aliphatic carbocycles. The predicted molar refractivity (Wildman–Crippen MR) is 66.7 cm³/mol. The SMILES string of the molecule is CCNCC1(CN(C)C2CC2)CCOCC1. The summed E-state index contributed by atoms with van der Waals surface area (Å²) in [5.41, 5.74) is 0.464. The van der Waals surface area contributed by atoms with Crippen LogP contribution < -0.4 is 5.32 Å². The lowest BCUT2D eigenvalue weighted by atomic mass is 9.79. The van der Waals surface area contributed by atoms with Gasteiger partial charge >= 0.3 is 0 Å². The molecular weight excluding hydrogens is 200 g/mol. The molecule has 1 aliphatic heterocycles. The van der Waals surface area contributed by atoms with Gasteiger partial charge < -0.3 is 15.0 Å². The molecule has 2 fully saturated rings. The zero-order valence-corrected chi connectivity index (χ0v) is 10.8. The third kappa shape index (κ3) is 3.19. The highest BCUT2D eigenvalue weighted by Gasteiger charge is 2.37. The van der Waals surface area contributed by atoms with Gasteiger partial charge in [0.2, 0.25) is 0 Å². The summed E-state index contributed by atoms with van der Waals surface area (Å²) in [4.78, 5) is 2.57. The Morgan fingerprint density at radius 3 is 2.56 bits per heavy atom. The second-order valence-electron chi connectivity index (χ2n) is 5.54. The fraction of sp³-hybridized carbons (Fsp3) is 1.00. The molecule has 2 aliphatic rings. The number of hydrogen-bond donors (Lipinski definition) is 1. The molecule has 2 rings (SSSR count). The van der Waals surface area contributed by atoms with Gasteiger partial charge in [0.15, 0.2) is 0 Å². The van der Waals surface area contributed by atoms with E-state index in [1.165, 1.54) is 32.2 Å². The molecule has 16 heavy (non-hydrogen) atoms. The molecule has 1 saturated heterocycles. The van der Waals surface area contributed by atoms with Gasteiger partial charge in [-0.3, -0.25) is 0 Å². The van der Waals surface area contributed by atoms with Gasteiger partial charge in [0.1, 0.15) is 0 Å². The Morgan fingerprint density at radius 2 is 2.00 bits per heavy atom. The highest BCUT2D eigenvalue weighted by atomic mass is 16.5. The number of rotatable bonds is 6. The molecule has 94 valence electrons. The predicted octanol–water partition coefficient (Wildman–Crippen LogP) is 1.49. The molecule has 0 amide bonds. The van der Waals surface area contributed by atoms with E-state index in [4.69, 9.17) is 4.74 Å². The second kappa shape index (κ2) is 5.48. The molecule has 3 nitrogen and oxygen atoms in total. The molecule has 0 aromatic heterocycles. The van der Waals surface area contributed by atoms with Crippen molar-refractivity contribution >= 4 is 0 Å². The van der Waals surface area contributed by atoms with Crippen molar-refractivity contribution in [2.45, 2.75) is 38.6 Å². The van der Waals surface area contributed by atoms with E-state index in [1.807, 2.05) is 0 Å². The largest absolute Gasteiger partial charge is 0.381 e. The van der Waals surface area contributed by atoms with E-state index in [2.05, 4.69) is 24.2 Å². The van der Waals surface area contributed by atoms with E-state index >= 15 is 0 Å². The normalized spacial score (nSPS) is 24.9. The summed E-state index contributed by atoms with van der Waals surface area (Å²) >= 11 is 0. The molecule has 0 radical (unpaired) electrons. The van der Waals surface area contributed by atoms with Crippen LogP contribution in [0.25, 0.3) is 0 Å². The maximum atomic E-state index is 5.52. The van der Waals surface area contributed by atoms with Gasteiger partial charge in [0.25, 0.3) is 0 Å². The smallest absolute Gasteiger partial charge is 0.0472 e. The number of nitrogens with one attached hydrogen (secondary N) is 1. The van der Waals surface area contributed by atoms with E-state index in [0.29, 0.717) is 5.41 Å². The van der Waals surface area contributed by atoms with Crippen molar-refractivity contribution in [3.05, 3.63) is 0 Å². The second-order valence-corrected chi connectivity index (χ2v) is 5.54. The molecule has 1 N–H and O–H groups in total. The van der Waals surface area contributed by atoms with E-state index in [0.717, 1.165) is 32.3 Å². The van der Waals surface area contributed by atoms with E-state index in [-0.39, 0.29) is 0 Å². The van der Waals surface area contributed by atoms with E-state index in [1.54, 1.807) is 0 Å². The van der Waals surface area contributed by atoms with Crippen molar-refractivity contribution in [2.75, 3.05) is 39.9 Å². The van der Waals surface area contributed by atoms with Crippen LogP contribution >= 0.6 is 0 Å². The Labute approximate surface area is 99.5 Å². The van der Waals surface area contributed by atoms with Crippen molar-refractivity contribution in [2.24, 2.45) is 5.41 Å². The molecule has 0 aromatic carbocycles. The number of nitrogens with zero attached hydrogens (tertiary/aromatic N) is 1. The average molecular weight is 226 g/mol. The van der Waals surface area contributed by atoms with Crippen LogP contribution in [0.4, 0.5) is 0 Å². The minimum Gasteiger partial charge on any atom is -0.381 e. The minimum atomic E-state index is 0.464. The summed E-state index contributed by atoms with van der Waals surface area (Å²) in [6.07, 6.45) is 5.25. The third-order valence-electron chi connectivity index (χ3n) is 4.06. The minimum absolute atomic E-state index is 0.464. The quantitative estimate of drug-likeness (QED) is 0.742. The first-order valence-electron chi connectivity index (χ1n) is 6.74. The number of hydrogen-bond acceptors (Lipinski definition) is 3. The van der Waals surface area contributed by atoms with Gasteiger partial charge in [-0.1, -0.05) is 6.92 Å². The average Bonchev–Trinajstić information content (AvgIpc) is 3.11. The summed E-state index contributed by atoms with van der Waals surface area (Å²) in [6, 6.07) is 0.876. The third-order valence-corrected chi connectivity index (χ3v) is 4.06. The monoisotopic (exact) mass is 226 g/mol. The Hall–Kier alpha value is -0.120. The van der Waals surface area contributed by atoms with Crippen molar-refractivity contribution in [3.8, 4) is 0 Å². The van der Waals surface area contributed by atoms with Crippen molar-refractivity contribution in [1.82, 2.24) is 10.2 Å². The highest BCUT2D eigenvalue weighted by Crippen LogP contribution is 2.34. The summed E-state index contributed by atoms with van der Waals surface area (Å²) in [6.45, 7) is 7.57. The molecule has 0 spiro atoms. The van der Waals surface area contributed by atoms with E-state index < -0.39 is 0 Å². The highest BCUT2D eigenvalue weighted by molar-refractivity contribution is 4.91. The summed E-state index contributed by atoms with van der Waals surface area (Å²) in [7, 11) is 2.29. The van der Waals surface area contributed by atoms with Gasteiger partial charge in [-0.15, -0.1) is 0 Å². The van der Waals surface area contributed by atoms with Crippen LogP contribution in [-0.2, 0) is 4.74 Å². The van der Waals surface area contributed by atoms with Crippen molar-refractivity contribution < 1.29 is 4.74 Å². The van der Waals surface area contributed by atoms with Crippen LogP contribution in [0.1, 0.15) is 32.6 Å². The Kier molecular flexibility index (Phi) is 4.22. The lowest BCUT2D eigenvalue weighted by Crippen LogP contribution is -2.47. The molecule has 3 heteroatoms. The molecule has 1 heterocycles. The standard InChI is InChI=1S/C13H26N2O/c1-3-14-10-13(6-8-16-9-7-13)11-15(2)12-4-5-12/h12,14H,3-11H2,1-2H3. The molecule has 0 unspecified atom stereocenters. The van der Waals surface area contributed by atoms with Crippen LogP contribution in [0.2, 0.25) is 0 Å². The summed E-state index contributed by atoms with van der Waals surface area (Å²) in [5.74, 6) is 0. The lowest BCUT2D eigenvalue weighted by Gasteiger charge is -2.40. The van der Waals surface area contributed by atoms with Crippen LogP contribution in [0.15, 0.2) is 0 Å². The van der Waals surface area contributed by atoms with Crippen molar-refractivity contribution in [3.63, 3.8) is 0 Å². The van der Waals surface area contributed by atoms with Gasteiger partial charge in [-0.2, -0.15) is 0 Å². The van der Waals surface area contributed by atoms with Gasteiger partial charge in [-0.25, -0.2) is 0 Å². The number of ether oxygens (including phenoxy) is 1.